The van der Waals surface area contributed by atoms with Crippen molar-refractivity contribution in [1.82, 2.24) is 14.8 Å². The molecule has 1 aliphatic heterocycles. The molecule has 4 rings (SSSR count). The maximum Gasteiger partial charge on any atom is 0.338 e. The Morgan fingerprint density at radius 3 is 2.42 bits per heavy atom. The quantitative estimate of drug-likeness (QED) is 0.583. The van der Waals surface area contributed by atoms with Crippen molar-refractivity contribution in [1.29, 1.82) is 0 Å². The van der Waals surface area contributed by atoms with Gasteiger partial charge in [-0.2, -0.15) is 10.1 Å². The van der Waals surface area contributed by atoms with E-state index in [2.05, 4.69) is 58.4 Å². The minimum Gasteiger partial charge on any atom is -0.463 e. The normalized spacial score (nSPS) is 15.3. The van der Waals surface area contributed by atoms with Gasteiger partial charge in [-0.15, -0.1) is 0 Å². The van der Waals surface area contributed by atoms with E-state index in [1.807, 2.05) is 37.3 Å². The minimum atomic E-state index is -0.446. The molecule has 7 heteroatoms. The van der Waals surface area contributed by atoms with E-state index in [0.717, 1.165) is 29.9 Å². The van der Waals surface area contributed by atoms with Gasteiger partial charge in [-0.3, -0.25) is 0 Å². The predicted octanol–water partition coefficient (Wildman–Crippen LogP) is 4.11. The summed E-state index contributed by atoms with van der Waals surface area (Å²) in [6.07, 6.45) is 1.50. The van der Waals surface area contributed by atoms with Crippen molar-refractivity contribution >= 4 is 23.3 Å². The second kappa shape index (κ2) is 9.04. The number of fused-ring (bicyclic) bond motifs is 1. The van der Waals surface area contributed by atoms with Gasteiger partial charge >= 0.3 is 5.97 Å². The van der Waals surface area contributed by atoms with Gasteiger partial charge in [-0.25, -0.2) is 9.48 Å². The molecule has 0 radical (unpaired) electrons. The Bertz CT molecular complexity index is 1070. The molecule has 2 aromatic carbocycles. The van der Waals surface area contributed by atoms with Crippen molar-refractivity contribution in [3.05, 3.63) is 77.6 Å². The van der Waals surface area contributed by atoms with Crippen LogP contribution in [0.1, 0.15) is 37.9 Å². The smallest absolute Gasteiger partial charge is 0.338 e. The number of nitrogens with zero attached hydrogens (tertiary/aromatic N) is 4. The second-order valence-corrected chi connectivity index (χ2v) is 7.19. The molecule has 2 heterocycles. The molecule has 0 bridgehead atoms. The van der Waals surface area contributed by atoms with Crippen LogP contribution < -0.4 is 10.2 Å². The number of aromatic nitrogens is 3. The number of ether oxygens (including phenoxy) is 1. The van der Waals surface area contributed by atoms with Crippen molar-refractivity contribution in [3.63, 3.8) is 0 Å². The number of carbonyl (C=O) groups excluding carboxylic acids is 1. The van der Waals surface area contributed by atoms with Gasteiger partial charge in [0.2, 0.25) is 5.95 Å². The van der Waals surface area contributed by atoms with Crippen LogP contribution in [-0.2, 0) is 9.53 Å². The van der Waals surface area contributed by atoms with Crippen molar-refractivity contribution in [2.24, 2.45) is 0 Å². The monoisotopic (exact) mass is 417 g/mol. The third-order valence-electron chi connectivity index (χ3n) is 5.49. The van der Waals surface area contributed by atoms with Crippen molar-refractivity contribution < 1.29 is 9.53 Å². The van der Waals surface area contributed by atoms with Crippen LogP contribution in [0.4, 0.5) is 11.6 Å². The fourth-order valence-electron chi connectivity index (χ4n) is 3.99. The summed E-state index contributed by atoms with van der Waals surface area (Å²) < 4.78 is 7.21. The summed E-state index contributed by atoms with van der Waals surface area (Å²) in [6, 6.07) is 17.6. The molecule has 7 nitrogen and oxygen atoms in total. The van der Waals surface area contributed by atoms with Gasteiger partial charge in [-0.05, 0) is 44.0 Å². The summed E-state index contributed by atoms with van der Waals surface area (Å²) in [5, 5.41) is 7.71. The first-order valence-electron chi connectivity index (χ1n) is 10.7. The van der Waals surface area contributed by atoms with E-state index in [9.17, 15) is 4.79 Å². The lowest BCUT2D eigenvalue weighted by molar-refractivity contribution is -0.138. The largest absolute Gasteiger partial charge is 0.463 e. The Kier molecular flexibility index (Phi) is 6.02. The fraction of sp³-hybridized carbons (Fsp3) is 0.292. The van der Waals surface area contributed by atoms with Gasteiger partial charge in [0.25, 0.3) is 0 Å². The molecule has 0 aliphatic carbocycles. The highest BCUT2D eigenvalue weighted by Crippen LogP contribution is 2.39. The first kappa shape index (κ1) is 20.7. The second-order valence-electron chi connectivity index (χ2n) is 7.19. The van der Waals surface area contributed by atoms with Gasteiger partial charge in [0.1, 0.15) is 12.4 Å². The molecule has 3 aromatic rings. The van der Waals surface area contributed by atoms with Gasteiger partial charge in [-0.1, -0.05) is 42.5 Å². The molecule has 0 saturated carbocycles. The highest BCUT2D eigenvalue weighted by molar-refractivity contribution is 6.02. The molecule has 31 heavy (non-hydrogen) atoms. The summed E-state index contributed by atoms with van der Waals surface area (Å²) >= 11 is 0. The zero-order valence-corrected chi connectivity index (χ0v) is 18.1. The van der Waals surface area contributed by atoms with Crippen LogP contribution in [0.25, 0.3) is 5.70 Å². The van der Waals surface area contributed by atoms with E-state index in [0.29, 0.717) is 23.8 Å². The van der Waals surface area contributed by atoms with Crippen LogP contribution in [0, 0.1) is 0 Å². The number of nitrogens with one attached hydrogen (secondary N) is 1. The standard InChI is InChI=1S/C24H27N5O2/c1-4-28(5-2)19-14-12-18(13-15-19)22-20(23(30)31-6-3)21(17-10-8-7-9-11-17)27-24-25-16-26-29(22)24/h7-16,22H,4-6H2,1-3H3,(H,25,26,27)/t22-/m1/s1. The summed E-state index contributed by atoms with van der Waals surface area (Å²) in [4.78, 5) is 19.8. The summed E-state index contributed by atoms with van der Waals surface area (Å²) in [6.45, 7) is 8.25. The predicted molar refractivity (Wildman–Crippen MR) is 122 cm³/mol. The molecule has 1 aliphatic rings. The van der Waals surface area contributed by atoms with Crippen LogP contribution in [0.5, 0.6) is 0 Å². The number of carbonyl (C=O) groups is 1. The van der Waals surface area contributed by atoms with Crippen LogP contribution in [-0.4, -0.2) is 40.4 Å². The first-order valence-corrected chi connectivity index (χ1v) is 10.7. The fourth-order valence-corrected chi connectivity index (χ4v) is 3.99. The zero-order chi connectivity index (χ0) is 21.8. The number of benzene rings is 2. The summed E-state index contributed by atoms with van der Waals surface area (Å²) in [7, 11) is 0. The molecule has 0 spiro atoms. The molecular weight excluding hydrogens is 390 g/mol. The van der Waals surface area contributed by atoms with Crippen LogP contribution >= 0.6 is 0 Å². The average Bonchev–Trinajstić information content (AvgIpc) is 3.28. The highest BCUT2D eigenvalue weighted by Gasteiger charge is 2.36. The number of rotatable bonds is 7. The lowest BCUT2D eigenvalue weighted by Crippen LogP contribution is -2.30. The molecule has 1 atom stereocenters. The Morgan fingerprint density at radius 2 is 1.77 bits per heavy atom. The Labute approximate surface area is 182 Å². The van der Waals surface area contributed by atoms with E-state index in [1.165, 1.54) is 6.33 Å². The Morgan fingerprint density at radius 1 is 1.06 bits per heavy atom. The number of anilines is 2. The van der Waals surface area contributed by atoms with Crippen molar-refractivity contribution in [2.45, 2.75) is 26.8 Å². The van der Waals surface area contributed by atoms with Gasteiger partial charge in [0.05, 0.1) is 17.9 Å². The SMILES string of the molecule is CCOC(=O)C1=C(c2ccccc2)Nc2ncnn2[C@@H]1c1ccc(N(CC)CC)cc1. The van der Waals surface area contributed by atoms with Gasteiger partial charge < -0.3 is 15.0 Å². The number of hydrogen-bond acceptors (Lipinski definition) is 6. The Hall–Kier alpha value is -3.61. The topological polar surface area (TPSA) is 72.3 Å². The molecule has 0 saturated heterocycles. The van der Waals surface area contributed by atoms with E-state index < -0.39 is 6.04 Å². The molecule has 0 fully saturated rings. The van der Waals surface area contributed by atoms with Gasteiger partial charge in [0, 0.05) is 18.8 Å². The van der Waals surface area contributed by atoms with Gasteiger partial charge in [0.15, 0.2) is 0 Å². The third kappa shape index (κ3) is 3.91. The molecular formula is C24H27N5O2. The van der Waals surface area contributed by atoms with E-state index in [4.69, 9.17) is 4.74 Å². The maximum atomic E-state index is 13.2. The van der Waals surface area contributed by atoms with E-state index in [1.54, 1.807) is 4.68 Å². The minimum absolute atomic E-state index is 0.294. The molecule has 0 unspecified atom stereocenters. The summed E-state index contributed by atoms with van der Waals surface area (Å²) in [5.41, 5.74) is 4.19. The Balaban J connectivity index is 1.87. The third-order valence-corrected chi connectivity index (χ3v) is 5.49. The van der Waals surface area contributed by atoms with E-state index >= 15 is 0 Å². The molecule has 160 valence electrons. The van der Waals surface area contributed by atoms with E-state index in [-0.39, 0.29) is 5.97 Å². The maximum absolute atomic E-state index is 13.2. The lowest BCUT2D eigenvalue weighted by Gasteiger charge is -2.30. The number of hydrogen-bond donors (Lipinski definition) is 1. The zero-order valence-electron chi connectivity index (χ0n) is 18.1. The molecule has 1 aromatic heterocycles. The molecule has 0 amide bonds. The summed E-state index contributed by atoms with van der Waals surface area (Å²) in [5.74, 6) is 0.220. The van der Waals surface area contributed by atoms with Crippen molar-refractivity contribution in [3.8, 4) is 0 Å². The first-order chi connectivity index (χ1) is 15.2. The highest BCUT2D eigenvalue weighted by atomic mass is 16.5. The van der Waals surface area contributed by atoms with Crippen LogP contribution in [0.3, 0.4) is 0 Å². The van der Waals surface area contributed by atoms with Crippen LogP contribution in [0.2, 0.25) is 0 Å². The average molecular weight is 418 g/mol. The number of esters is 1. The van der Waals surface area contributed by atoms with Crippen molar-refractivity contribution in [2.75, 3.05) is 29.9 Å². The lowest BCUT2D eigenvalue weighted by atomic mass is 9.92. The van der Waals surface area contributed by atoms with Crippen LogP contribution in [0.15, 0.2) is 66.5 Å². The molecule has 1 N–H and O–H groups in total.